The van der Waals surface area contributed by atoms with Gasteiger partial charge in [0, 0.05) is 42.1 Å². The molecule has 2 heterocycles. The maximum atomic E-state index is 13.0. The van der Waals surface area contributed by atoms with Gasteiger partial charge in [0.05, 0.1) is 0 Å². The van der Waals surface area contributed by atoms with E-state index in [2.05, 4.69) is 31.7 Å². The van der Waals surface area contributed by atoms with Gasteiger partial charge in [-0.2, -0.15) is 0 Å². The van der Waals surface area contributed by atoms with Gasteiger partial charge in [-0.1, -0.05) is 26.0 Å². The Labute approximate surface area is 168 Å². The highest BCUT2D eigenvalue weighted by atomic mass is 16.1. The monoisotopic (exact) mass is 380 g/mol. The minimum atomic E-state index is -0.408. The van der Waals surface area contributed by atoms with E-state index in [1.807, 2.05) is 26.0 Å². The summed E-state index contributed by atoms with van der Waals surface area (Å²) in [4.78, 5) is 27.4. The molecule has 1 aromatic rings. The van der Waals surface area contributed by atoms with Gasteiger partial charge < -0.3 is 5.73 Å². The number of carbonyl (C=O) groups excluding carboxylic acids is 2. The first-order valence-electron chi connectivity index (χ1n) is 10.4. The van der Waals surface area contributed by atoms with Crippen LogP contribution in [0, 0.1) is 6.92 Å². The molecule has 4 nitrogen and oxygen atoms in total. The Kier molecular flexibility index (Phi) is 5.62. The molecule has 3 atom stereocenters. The minimum Gasteiger partial charge on any atom is -0.366 e. The molecule has 0 aromatic heterocycles. The van der Waals surface area contributed by atoms with E-state index < -0.39 is 5.91 Å². The van der Waals surface area contributed by atoms with Gasteiger partial charge in [-0.15, -0.1) is 0 Å². The summed E-state index contributed by atoms with van der Waals surface area (Å²) in [6.07, 6.45) is 4.54. The number of benzene rings is 1. The van der Waals surface area contributed by atoms with Crippen LogP contribution < -0.4 is 5.73 Å². The molecule has 2 aliphatic heterocycles. The standard InChI is InChI=1S/C24H32N2O2/c1-6-17-14-26-12-11-24(21(26)8-3,16(5)22(17)20(27)7-2)19-13-18(23(25)28)10-9-15(19)4/h6,9-10,13,21H,7-8,11-12,14H2,1-5H3,(H2,25,28)/b17-6-/t21-,24?/m0/s1. The Morgan fingerprint density at radius 3 is 2.57 bits per heavy atom. The summed E-state index contributed by atoms with van der Waals surface area (Å²) in [5, 5.41) is 0. The highest BCUT2D eigenvalue weighted by Crippen LogP contribution is 2.52. The Bertz CT molecular complexity index is 881. The number of fused-ring (bicyclic) bond motifs is 2. The topological polar surface area (TPSA) is 63.4 Å². The van der Waals surface area contributed by atoms with Crippen LogP contribution >= 0.6 is 0 Å². The molecule has 2 unspecified atom stereocenters. The first-order chi connectivity index (χ1) is 13.3. The van der Waals surface area contributed by atoms with Gasteiger partial charge in [0.2, 0.25) is 5.91 Å². The summed E-state index contributed by atoms with van der Waals surface area (Å²) in [5.41, 5.74) is 11.4. The van der Waals surface area contributed by atoms with Gasteiger partial charge in [0.25, 0.3) is 0 Å². The smallest absolute Gasteiger partial charge is 0.248 e. The summed E-state index contributed by atoms with van der Waals surface area (Å²) in [7, 11) is 0. The maximum absolute atomic E-state index is 13.0. The third-order valence-corrected chi connectivity index (χ3v) is 6.88. The Balaban J connectivity index is 2.38. The summed E-state index contributed by atoms with van der Waals surface area (Å²) in [6.45, 7) is 12.2. The van der Waals surface area contributed by atoms with Crippen molar-refractivity contribution < 1.29 is 9.59 Å². The third-order valence-electron chi connectivity index (χ3n) is 6.88. The Hall–Kier alpha value is -2.20. The molecular weight excluding hydrogens is 348 g/mol. The van der Waals surface area contributed by atoms with Crippen LogP contribution in [0.5, 0.6) is 0 Å². The van der Waals surface area contributed by atoms with Gasteiger partial charge in [-0.25, -0.2) is 0 Å². The van der Waals surface area contributed by atoms with Crippen LogP contribution in [0.3, 0.4) is 0 Å². The number of primary amides is 1. The van der Waals surface area contributed by atoms with E-state index in [-0.39, 0.29) is 11.2 Å². The van der Waals surface area contributed by atoms with E-state index in [0.717, 1.165) is 53.8 Å². The largest absolute Gasteiger partial charge is 0.366 e. The highest BCUT2D eigenvalue weighted by molar-refractivity contribution is 6.01. The number of amides is 1. The number of nitrogens with zero attached hydrogens (tertiary/aromatic N) is 1. The molecule has 0 saturated carbocycles. The van der Waals surface area contributed by atoms with Crippen molar-refractivity contribution in [1.29, 1.82) is 0 Å². The van der Waals surface area contributed by atoms with E-state index in [1.54, 1.807) is 6.07 Å². The molecule has 3 rings (SSSR count). The number of rotatable bonds is 5. The molecule has 150 valence electrons. The summed E-state index contributed by atoms with van der Waals surface area (Å²) < 4.78 is 0. The number of nitrogens with two attached hydrogens (primary N) is 1. The minimum absolute atomic E-state index is 0.206. The summed E-state index contributed by atoms with van der Waals surface area (Å²) >= 11 is 0. The normalized spacial score (nSPS) is 28.5. The number of hydrogen-bond donors (Lipinski definition) is 1. The third kappa shape index (κ3) is 2.95. The van der Waals surface area contributed by atoms with E-state index in [0.29, 0.717) is 18.0 Å². The zero-order valence-electron chi connectivity index (χ0n) is 17.8. The molecule has 2 N–H and O–H groups in total. The lowest BCUT2D eigenvalue weighted by atomic mass is 9.65. The SMILES string of the molecule is C/C=C1/CN2CCC(c3cc(C(N)=O)ccc3C)(C(C)=C1C(=O)CC)[C@@H]2CC. The van der Waals surface area contributed by atoms with Crippen molar-refractivity contribution in [3.05, 3.63) is 57.7 Å². The number of hydrogen-bond acceptors (Lipinski definition) is 3. The molecule has 1 aromatic carbocycles. The zero-order valence-corrected chi connectivity index (χ0v) is 17.8. The molecular formula is C24H32N2O2. The first kappa shape index (κ1) is 20.5. The number of Topliss-reactive ketones (excluding diaryl/α,β-unsaturated/α-hetero) is 1. The van der Waals surface area contributed by atoms with Gasteiger partial charge in [-0.3, -0.25) is 14.5 Å². The summed E-state index contributed by atoms with van der Waals surface area (Å²) in [6, 6.07) is 6.07. The quantitative estimate of drug-likeness (QED) is 0.837. The van der Waals surface area contributed by atoms with Crippen LogP contribution in [0.25, 0.3) is 0 Å². The second-order valence-corrected chi connectivity index (χ2v) is 8.10. The van der Waals surface area contributed by atoms with Crippen LogP contribution in [-0.4, -0.2) is 35.7 Å². The molecule has 2 bridgehead atoms. The van der Waals surface area contributed by atoms with E-state index in [4.69, 9.17) is 5.73 Å². The van der Waals surface area contributed by atoms with Gasteiger partial charge in [0.1, 0.15) is 0 Å². The van der Waals surface area contributed by atoms with Crippen LogP contribution in [0.1, 0.15) is 68.4 Å². The van der Waals surface area contributed by atoms with Crippen LogP contribution in [0.4, 0.5) is 0 Å². The lowest BCUT2D eigenvalue weighted by Gasteiger charge is -2.39. The first-order valence-corrected chi connectivity index (χ1v) is 10.4. The van der Waals surface area contributed by atoms with Crippen molar-refractivity contribution in [3.8, 4) is 0 Å². The average Bonchev–Trinajstić information content (AvgIpc) is 3.00. The molecule has 28 heavy (non-hydrogen) atoms. The molecule has 1 fully saturated rings. The second kappa shape index (κ2) is 7.67. The molecule has 0 radical (unpaired) electrons. The zero-order chi connectivity index (χ0) is 20.6. The van der Waals surface area contributed by atoms with Gasteiger partial charge in [0.15, 0.2) is 5.78 Å². The maximum Gasteiger partial charge on any atom is 0.248 e. The van der Waals surface area contributed by atoms with Crippen molar-refractivity contribution >= 4 is 11.7 Å². The molecule has 0 spiro atoms. The van der Waals surface area contributed by atoms with Gasteiger partial charge >= 0.3 is 0 Å². The van der Waals surface area contributed by atoms with Crippen LogP contribution in [0.15, 0.2) is 41.0 Å². The van der Waals surface area contributed by atoms with E-state index >= 15 is 0 Å². The Morgan fingerprint density at radius 2 is 2.00 bits per heavy atom. The fourth-order valence-electron chi connectivity index (χ4n) is 5.52. The second-order valence-electron chi connectivity index (χ2n) is 8.10. The lowest BCUT2D eigenvalue weighted by Crippen LogP contribution is -2.43. The van der Waals surface area contributed by atoms with Crippen molar-refractivity contribution in [2.45, 2.75) is 65.3 Å². The average molecular weight is 381 g/mol. The fourth-order valence-corrected chi connectivity index (χ4v) is 5.52. The van der Waals surface area contributed by atoms with Crippen molar-refractivity contribution in [2.24, 2.45) is 5.73 Å². The predicted octanol–water partition coefficient (Wildman–Crippen LogP) is 4.07. The van der Waals surface area contributed by atoms with Crippen molar-refractivity contribution in [1.82, 2.24) is 4.90 Å². The predicted molar refractivity (Wildman–Crippen MR) is 113 cm³/mol. The highest BCUT2D eigenvalue weighted by Gasteiger charge is 2.52. The molecule has 4 heteroatoms. The van der Waals surface area contributed by atoms with Gasteiger partial charge in [-0.05, 0) is 68.0 Å². The number of ketones is 1. The fraction of sp³-hybridized carbons (Fsp3) is 0.500. The van der Waals surface area contributed by atoms with Crippen LogP contribution in [0.2, 0.25) is 0 Å². The van der Waals surface area contributed by atoms with Crippen molar-refractivity contribution in [3.63, 3.8) is 0 Å². The number of allylic oxidation sites excluding steroid dienone is 1. The van der Waals surface area contributed by atoms with Crippen molar-refractivity contribution in [2.75, 3.05) is 13.1 Å². The number of carbonyl (C=O) groups is 2. The van der Waals surface area contributed by atoms with E-state index in [1.165, 1.54) is 0 Å². The lowest BCUT2D eigenvalue weighted by molar-refractivity contribution is -0.115. The molecule has 2 aliphatic rings. The molecule has 1 saturated heterocycles. The molecule has 1 amide bonds. The van der Waals surface area contributed by atoms with Crippen LogP contribution in [-0.2, 0) is 10.2 Å². The Morgan fingerprint density at radius 1 is 1.29 bits per heavy atom. The summed E-state index contributed by atoms with van der Waals surface area (Å²) in [5.74, 6) is -0.202. The number of aryl methyl sites for hydroxylation is 1. The molecule has 0 aliphatic carbocycles. The van der Waals surface area contributed by atoms with E-state index in [9.17, 15) is 9.59 Å².